The maximum absolute atomic E-state index is 13.5. The molecule has 0 radical (unpaired) electrons. The maximum Gasteiger partial charge on any atom is 0.416 e. The molecule has 0 saturated carbocycles. The molecule has 1 fully saturated rings. The van der Waals surface area contributed by atoms with E-state index in [9.17, 15) is 22.4 Å². The summed E-state index contributed by atoms with van der Waals surface area (Å²) in [7, 11) is 0. The van der Waals surface area contributed by atoms with Gasteiger partial charge in [-0.2, -0.15) is 13.2 Å². The van der Waals surface area contributed by atoms with Crippen molar-refractivity contribution in [2.24, 2.45) is 5.16 Å². The van der Waals surface area contributed by atoms with Gasteiger partial charge in [-0.1, -0.05) is 17.3 Å². The number of hydrogen-bond donors (Lipinski definition) is 1. The van der Waals surface area contributed by atoms with Crippen LogP contribution in [0, 0.1) is 5.82 Å². The molecular weight excluding hydrogens is 402 g/mol. The highest BCUT2D eigenvalue weighted by Gasteiger charge is 2.43. The lowest BCUT2D eigenvalue weighted by atomic mass is 9.85. The molecule has 2 amide bonds. The second-order valence-electron chi connectivity index (χ2n) is 7.49. The molecule has 1 N–H and O–H groups in total. The fraction of sp³-hybridized carbons (Fsp3) is 0.333. The summed E-state index contributed by atoms with van der Waals surface area (Å²) in [6.45, 7) is 0.830. The third-order valence-corrected chi connectivity index (χ3v) is 5.42. The Hall–Kier alpha value is -3.10. The fourth-order valence-corrected chi connectivity index (χ4v) is 3.67. The van der Waals surface area contributed by atoms with Gasteiger partial charge < -0.3 is 15.1 Å². The average Bonchev–Trinajstić information content (AvgIpc) is 3.12. The lowest BCUT2D eigenvalue weighted by Crippen LogP contribution is -2.48. The summed E-state index contributed by atoms with van der Waals surface area (Å²) in [5.41, 5.74) is 0.355. The topological polar surface area (TPSA) is 53.9 Å². The van der Waals surface area contributed by atoms with Crippen molar-refractivity contribution in [2.45, 2.75) is 31.0 Å². The van der Waals surface area contributed by atoms with Gasteiger partial charge in [0, 0.05) is 43.6 Å². The van der Waals surface area contributed by atoms with E-state index in [0.29, 0.717) is 49.3 Å². The van der Waals surface area contributed by atoms with Gasteiger partial charge in [0.2, 0.25) is 0 Å². The third kappa shape index (κ3) is 4.24. The van der Waals surface area contributed by atoms with Gasteiger partial charge >= 0.3 is 12.2 Å². The number of likely N-dealkylation sites (tertiary alicyclic amines) is 1. The average molecular weight is 421 g/mol. The van der Waals surface area contributed by atoms with E-state index in [1.807, 2.05) is 0 Å². The van der Waals surface area contributed by atoms with Crippen molar-refractivity contribution < 1.29 is 27.2 Å². The van der Waals surface area contributed by atoms with Crippen LogP contribution in [0.1, 0.15) is 30.4 Å². The Kier molecular flexibility index (Phi) is 5.13. The van der Waals surface area contributed by atoms with Gasteiger partial charge in [0.1, 0.15) is 11.4 Å². The highest BCUT2D eigenvalue weighted by molar-refractivity contribution is 6.01. The summed E-state index contributed by atoms with van der Waals surface area (Å²) in [5, 5.41) is 6.75. The summed E-state index contributed by atoms with van der Waals surface area (Å²) in [5.74, 6) is -0.342. The van der Waals surface area contributed by atoms with Gasteiger partial charge in [0.15, 0.2) is 0 Å². The number of piperidine rings is 1. The predicted octanol–water partition coefficient (Wildman–Crippen LogP) is 5.04. The predicted molar refractivity (Wildman–Crippen MR) is 103 cm³/mol. The van der Waals surface area contributed by atoms with Gasteiger partial charge in [-0.15, -0.1) is 0 Å². The van der Waals surface area contributed by atoms with Gasteiger partial charge in [0.25, 0.3) is 0 Å². The molecule has 0 atom stereocenters. The van der Waals surface area contributed by atoms with Crippen molar-refractivity contribution in [3.63, 3.8) is 0 Å². The Bertz CT molecular complexity index is 965. The molecule has 9 heteroatoms. The Morgan fingerprint density at radius 1 is 1.10 bits per heavy atom. The molecule has 0 bridgehead atoms. The molecule has 0 aliphatic carbocycles. The second-order valence-corrected chi connectivity index (χ2v) is 7.49. The summed E-state index contributed by atoms with van der Waals surface area (Å²) < 4.78 is 51.4. The first-order chi connectivity index (χ1) is 14.2. The lowest BCUT2D eigenvalue weighted by Gasteiger charge is -2.37. The highest BCUT2D eigenvalue weighted by atomic mass is 19.4. The molecule has 2 aliphatic heterocycles. The number of anilines is 1. The minimum absolute atomic E-state index is 0.294. The van der Waals surface area contributed by atoms with E-state index in [1.165, 1.54) is 24.3 Å². The van der Waals surface area contributed by atoms with E-state index in [-0.39, 0.29) is 11.8 Å². The van der Waals surface area contributed by atoms with Crippen molar-refractivity contribution in [2.75, 3.05) is 18.4 Å². The molecule has 2 aromatic rings. The van der Waals surface area contributed by atoms with E-state index in [0.717, 1.165) is 12.1 Å². The van der Waals surface area contributed by atoms with Crippen LogP contribution in [0.4, 0.5) is 28.0 Å². The van der Waals surface area contributed by atoms with Crippen LogP contribution in [0.3, 0.4) is 0 Å². The zero-order valence-electron chi connectivity index (χ0n) is 15.9. The standard InChI is InChI=1S/C21H19F4N3O2/c22-16-3-1-2-14(12-16)18-13-20(30-27-18)8-10-28(11-9-20)19(29)26-17-6-4-15(5-7-17)21(23,24)25/h1-7,12H,8-11,13H2,(H,26,29). The number of alkyl halides is 3. The number of halogens is 4. The molecule has 2 heterocycles. The Morgan fingerprint density at radius 2 is 1.80 bits per heavy atom. The SMILES string of the molecule is O=C(Nc1ccc(C(F)(F)F)cc1)N1CCC2(CC1)CC(c1cccc(F)c1)=NO2. The van der Waals surface area contributed by atoms with E-state index < -0.39 is 17.3 Å². The largest absolute Gasteiger partial charge is 0.416 e. The molecule has 1 saturated heterocycles. The number of hydrogen-bond acceptors (Lipinski definition) is 3. The van der Waals surface area contributed by atoms with Gasteiger partial charge in [0.05, 0.1) is 11.3 Å². The van der Waals surface area contributed by atoms with Crippen LogP contribution < -0.4 is 5.32 Å². The number of carbonyl (C=O) groups excluding carboxylic acids is 1. The zero-order valence-corrected chi connectivity index (χ0v) is 15.9. The van der Waals surface area contributed by atoms with Crippen LogP contribution in [-0.4, -0.2) is 35.3 Å². The minimum Gasteiger partial charge on any atom is -0.388 e. The van der Waals surface area contributed by atoms with Crippen LogP contribution >= 0.6 is 0 Å². The number of carbonyl (C=O) groups is 1. The van der Waals surface area contributed by atoms with Gasteiger partial charge in [-0.05, 0) is 36.4 Å². The van der Waals surface area contributed by atoms with Crippen LogP contribution in [0.25, 0.3) is 0 Å². The first-order valence-corrected chi connectivity index (χ1v) is 9.48. The van der Waals surface area contributed by atoms with E-state index >= 15 is 0 Å². The normalized spacial score (nSPS) is 18.1. The molecule has 2 aliphatic rings. The number of oxime groups is 1. The van der Waals surface area contributed by atoms with Crippen molar-refractivity contribution in [3.05, 3.63) is 65.5 Å². The highest BCUT2D eigenvalue weighted by Crippen LogP contribution is 2.36. The van der Waals surface area contributed by atoms with Crippen molar-refractivity contribution >= 4 is 17.4 Å². The smallest absolute Gasteiger partial charge is 0.388 e. The summed E-state index contributed by atoms with van der Waals surface area (Å²) >= 11 is 0. The Balaban J connectivity index is 1.32. The fourth-order valence-electron chi connectivity index (χ4n) is 3.67. The van der Waals surface area contributed by atoms with E-state index in [4.69, 9.17) is 4.84 Å². The van der Waals surface area contributed by atoms with Crippen LogP contribution in [0.2, 0.25) is 0 Å². The maximum atomic E-state index is 13.5. The molecule has 2 aromatic carbocycles. The molecule has 0 unspecified atom stereocenters. The summed E-state index contributed by atoms with van der Waals surface area (Å²) in [6.07, 6.45) is -2.78. The quantitative estimate of drug-likeness (QED) is 0.691. The number of nitrogens with zero attached hydrogens (tertiary/aromatic N) is 2. The van der Waals surface area contributed by atoms with Gasteiger partial charge in [-0.25, -0.2) is 9.18 Å². The van der Waals surface area contributed by atoms with E-state index in [2.05, 4.69) is 10.5 Å². The van der Waals surface area contributed by atoms with Crippen molar-refractivity contribution in [1.82, 2.24) is 4.90 Å². The molecule has 5 nitrogen and oxygen atoms in total. The van der Waals surface area contributed by atoms with Crippen LogP contribution in [0.15, 0.2) is 53.7 Å². The molecular formula is C21H19F4N3O2. The molecule has 0 aromatic heterocycles. The molecule has 1 spiro atoms. The van der Waals surface area contributed by atoms with Crippen molar-refractivity contribution in [1.29, 1.82) is 0 Å². The number of nitrogens with one attached hydrogen (secondary N) is 1. The second kappa shape index (κ2) is 7.62. The Labute approximate surface area is 170 Å². The monoisotopic (exact) mass is 421 g/mol. The van der Waals surface area contributed by atoms with Gasteiger partial charge in [-0.3, -0.25) is 0 Å². The number of benzene rings is 2. The Morgan fingerprint density at radius 3 is 2.43 bits per heavy atom. The zero-order chi connectivity index (χ0) is 21.4. The first-order valence-electron chi connectivity index (χ1n) is 9.48. The van der Waals surface area contributed by atoms with Crippen molar-refractivity contribution in [3.8, 4) is 0 Å². The number of urea groups is 1. The molecule has 30 heavy (non-hydrogen) atoms. The summed E-state index contributed by atoms with van der Waals surface area (Å²) in [6, 6.07) is 10.1. The van der Waals surface area contributed by atoms with Crippen LogP contribution in [0.5, 0.6) is 0 Å². The summed E-state index contributed by atoms with van der Waals surface area (Å²) in [4.78, 5) is 19.7. The first kappa shape index (κ1) is 20.2. The lowest BCUT2D eigenvalue weighted by molar-refractivity contribution is -0.137. The minimum atomic E-state index is -4.42. The number of rotatable bonds is 2. The number of amides is 2. The van der Waals surface area contributed by atoms with E-state index in [1.54, 1.807) is 17.0 Å². The molecule has 4 rings (SSSR count). The molecule has 158 valence electrons. The third-order valence-electron chi connectivity index (χ3n) is 5.42. The van der Waals surface area contributed by atoms with Crippen LogP contribution in [-0.2, 0) is 11.0 Å².